The lowest BCUT2D eigenvalue weighted by Gasteiger charge is -2.22. The second kappa shape index (κ2) is 9.33. The van der Waals surface area contributed by atoms with Crippen LogP contribution in [0, 0.1) is 10.1 Å². The molecule has 5 rings (SSSR count). The van der Waals surface area contributed by atoms with Gasteiger partial charge in [0.05, 0.1) is 11.5 Å². The first-order valence-corrected chi connectivity index (χ1v) is 10.6. The minimum Gasteiger partial charge on any atom is -0.434 e. The quantitative estimate of drug-likeness (QED) is 0.220. The molecule has 0 aliphatic heterocycles. The van der Waals surface area contributed by atoms with Crippen LogP contribution in [0.25, 0.3) is 10.8 Å². The standard InChI is InChI=1S/C26H19N5O3/c32-31(33)24-25(30(23-12-6-7-15-27-23)17-19-8-2-1-3-9-19)28-18-29-26(24)34-22-14-13-20-10-4-5-11-21(20)16-22/h1-16,18H,17H2. The number of benzene rings is 3. The number of hydrogen-bond acceptors (Lipinski definition) is 7. The summed E-state index contributed by atoms with van der Waals surface area (Å²) < 4.78 is 5.92. The molecular formula is C26H19N5O3. The molecular weight excluding hydrogens is 430 g/mol. The van der Waals surface area contributed by atoms with Crippen LogP contribution in [-0.2, 0) is 6.54 Å². The minimum absolute atomic E-state index is 0.0957. The molecule has 2 aromatic heterocycles. The summed E-state index contributed by atoms with van der Waals surface area (Å²) in [6, 6.07) is 28.3. The van der Waals surface area contributed by atoms with Gasteiger partial charge in [-0.15, -0.1) is 0 Å². The monoisotopic (exact) mass is 449 g/mol. The van der Waals surface area contributed by atoms with Gasteiger partial charge in [0.2, 0.25) is 5.82 Å². The second-order valence-corrected chi connectivity index (χ2v) is 7.48. The topological polar surface area (TPSA) is 94.3 Å². The van der Waals surface area contributed by atoms with Gasteiger partial charge in [-0.1, -0.05) is 66.7 Å². The van der Waals surface area contributed by atoms with Crippen molar-refractivity contribution in [2.24, 2.45) is 0 Å². The van der Waals surface area contributed by atoms with Crippen molar-refractivity contribution in [2.75, 3.05) is 4.90 Å². The SMILES string of the molecule is O=[N+]([O-])c1c(Oc2ccc3ccccc3c2)ncnc1N(Cc1ccccc1)c1ccccn1. The maximum Gasteiger partial charge on any atom is 0.373 e. The van der Waals surface area contributed by atoms with Gasteiger partial charge < -0.3 is 9.64 Å². The van der Waals surface area contributed by atoms with Crippen molar-refractivity contribution in [1.82, 2.24) is 15.0 Å². The molecule has 0 bridgehead atoms. The molecule has 3 aromatic carbocycles. The number of anilines is 2. The first-order valence-electron chi connectivity index (χ1n) is 10.6. The highest BCUT2D eigenvalue weighted by Gasteiger charge is 2.30. The molecule has 0 unspecified atom stereocenters. The molecule has 0 fully saturated rings. The van der Waals surface area contributed by atoms with E-state index in [2.05, 4.69) is 15.0 Å². The lowest BCUT2D eigenvalue weighted by molar-refractivity contribution is -0.385. The maximum atomic E-state index is 12.2. The van der Waals surface area contributed by atoms with Crippen LogP contribution in [0.4, 0.5) is 17.3 Å². The summed E-state index contributed by atoms with van der Waals surface area (Å²) in [5, 5.41) is 14.2. The van der Waals surface area contributed by atoms with Gasteiger partial charge in [0.15, 0.2) is 0 Å². The summed E-state index contributed by atoms with van der Waals surface area (Å²) in [4.78, 5) is 26.2. The normalized spacial score (nSPS) is 10.7. The second-order valence-electron chi connectivity index (χ2n) is 7.48. The molecule has 0 aliphatic rings. The third kappa shape index (κ3) is 4.37. The van der Waals surface area contributed by atoms with Crippen LogP contribution >= 0.6 is 0 Å². The minimum atomic E-state index is -0.521. The highest BCUT2D eigenvalue weighted by molar-refractivity contribution is 5.84. The van der Waals surface area contributed by atoms with E-state index in [4.69, 9.17) is 4.74 Å². The molecule has 0 saturated carbocycles. The average Bonchev–Trinajstić information content (AvgIpc) is 2.88. The van der Waals surface area contributed by atoms with Crippen LogP contribution in [0.3, 0.4) is 0 Å². The summed E-state index contributed by atoms with van der Waals surface area (Å²) >= 11 is 0. The van der Waals surface area contributed by atoms with Gasteiger partial charge in [0, 0.05) is 6.20 Å². The van der Waals surface area contributed by atoms with Crippen molar-refractivity contribution in [3.05, 3.63) is 119 Å². The Balaban J connectivity index is 1.59. The number of ether oxygens (including phenoxy) is 1. The van der Waals surface area contributed by atoms with Gasteiger partial charge in [-0.05, 0) is 40.6 Å². The molecule has 0 amide bonds. The lowest BCUT2D eigenvalue weighted by atomic mass is 10.1. The van der Waals surface area contributed by atoms with E-state index in [1.807, 2.05) is 72.8 Å². The van der Waals surface area contributed by atoms with Crippen LogP contribution < -0.4 is 9.64 Å². The average molecular weight is 449 g/mol. The lowest BCUT2D eigenvalue weighted by Crippen LogP contribution is -2.20. The molecule has 0 aliphatic carbocycles. The Bertz CT molecular complexity index is 1450. The smallest absolute Gasteiger partial charge is 0.373 e. The number of nitro groups is 1. The number of aromatic nitrogens is 3. The van der Waals surface area contributed by atoms with Gasteiger partial charge >= 0.3 is 11.6 Å². The highest BCUT2D eigenvalue weighted by Crippen LogP contribution is 2.39. The van der Waals surface area contributed by atoms with E-state index >= 15 is 0 Å². The summed E-state index contributed by atoms with van der Waals surface area (Å²) in [5.41, 5.74) is 0.607. The van der Waals surface area contributed by atoms with Crippen molar-refractivity contribution in [3.63, 3.8) is 0 Å². The molecule has 5 aromatic rings. The van der Waals surface area contributed by atoms with Crippen molar-refractivity contribution in [1.29, 1.82) is 0 Å². The predicted molar refractivity (Wildman–Crippen MR) is 129 cm³/mol. The van der Waals surface area contributed by atoms with Crippen LogP contribution in [-0.4, -0.2) is 19.9 Å². The van der Waals surface area contributed by atoms with E-state index < -0.39 is 4.92 Å². The number of hydrogen-bond donors (Lipinski definition) is 0. The fraction of sp³-hybridized carbons (Fsp3) is 0.0385. The zero-order chi connectivity index (χ0) is 23.3. The number of fused-ring (bicyclic) bond motifs is 1. The summed E-state index contributed by atoms with van der Waals surface area (Å²) in [7, 11) is 0. The maximum absolute atomic E-state index is 12.2. The Hall–Kier alpha value is -4.85. The fourth-order valence-corrected chi connectivity index (χ4v) is 3.67. The molecule has 2 heterocycles. The van der Waals surface area contributed by atoms with Crippen molar-refractivity contribution in [2.45, 2.75) is 6.54 Å². The highest BCUT2D eigenvalue weighted by atomic mass is 16.6. The molecule has 0 radical (unpaired) electrons. The van der Waals surface area contributed by atoms with E-state index in [0.717, 1.165) is 16.3 Å². The van der Waals surface area contributed by atoms with Gasteiger partial charge in [-0.25, -0.2) is 9.97 Å². The van der Waals surface area contributed by atoms with Crippen LogP contribution in [0.5, 0.6) is 11.6 Å². The fourth-order valence-electron chi connectivity index (χ4n) is 3.67. The molecule has 0 N–H and O–H groups in total. The van der Waals surface area contributed by atoms with E-state index in [0.29, 0.717) is 18.1 Å². The van der Waals surface area contributed by atoms with Crippen LogP contribution in [0.1, 0.15) is 5.56 Å². The third-order valence-corrected chi connectivity index (χ3v) is 5.25. The predicted octanol–water partition coefficient (Wildman–Crippen LogP) is 6.06. The number of pyridine rings is 1. The third-order valence-electron chi connectivity index (χ3n) is 5.25. The Morgan fingerprint density at radius 1 is 0.824 bits per heavy atom. The van der Waals surface area contributed by atoms with Gasteiger partial charge in [0.25, 0.3) is 0 Å². The van der Waals surface area contributed by atoms with Crippen LogP contribution in [0.15, 0.2) is 104 Å². The zero-order valence-corrected chi connectivity index (χ0v) is 18.0. The molecule has 34 heavy (non-hydrogen) atoms. The molecule has 0 saturated heterocycles. The van der Waals surface area contributed by atoms with E-state index in [-0.39, 0.29) is 17.4 Å². The Morgan fingerprint density at radius 3 is 2.35 bits per heavy atom. The van der Waals surface area contributed by atoms with Gasteiger partial charge in [-0.2, -0.15) is 4.98 Å². The van der Waals surface area contributed by atoms with E-state index in [1.54, 1.807) is 29.3 Å². The Kier molecular flexibility index (Phi) is 5.77. The molecule has 166 valence electrons. The Morgan fingerprint density at radius 2 is 1.59 bits per heavy atom. The van der Waals surface area contributed by atoms with Crippen molar-refractivity contribution >= 4 is 28.1 Å². The van der Waals surface area contributed by atoms with Crippen molar-refractivity contribution < 1.29 is 9.66 Å². The first kappa shape index (κ1) is 21.0. The molecule has 8 nitrogen and oxygen atoms in total. The van der Waals surface area contributed by atoms with Crippen molar-refractivity contribution in [3.8, 4) is 11.6 Å². The van der Waals surface area contributed by atoms with Crippen LogP contribution in [0.2, 0.25) is 0 Å². The van der Waals surface area contributed by atoms with Gasteiger partial charge in [0.1, 0.15) is 17.9 Å². The van der Waals surface area contributed by atoms with E-state index in [1.165, 1.54) is 6.33 Å². The number of rotatable bonds is 7. The molecule has 0 atom stereocenters. The molecule has 8 heteroatoms. The van der Waals surface area contributed by atoms with Gasteiger partial charge in [-0.3, -0.25) is 10.1 Å². The van der Waals surface area contributed by atoms with E-state index in [9.17, 15) is 10.1 Å². The largest absolute Gasteiger partial charge is 0.434 e. The Labute approximate surface area is 195 Å². The summed E-state index contributed by atoms with van der Waals surface area (Å²) in [5.74, 6) is 0.918. The molecule has 0 spiro atoms. The summed E-state index contributed by atoms with van der Waals surface area (Å²) in [6.07, 6.45) is 2.90. The first-order chi connectivity index (χ1) is 16.7. The zero-order valence-electron chi connectivity index (χ0n) is 18.0. The summed E-state index contributed by atoms with van der Waals surface area (Å²) in [6.45, 7) is 0.325. The number of nitrogens with zero attached hydrogens (tertiary/aromatic N) is 5.